The highest BCUT2D eigenvalue weighted by Crippen LogP contribution is 2.31. The number of benzene rings is 2. The van der Waals surface area contributed by atoms with Crippen LogP contribution >= 0.6 is 0 Å². The molecule has 0 aromatic heterocycles. The predicted octanol–water partition coefficient (Wildman–Crippen LogP) is 4.18. The molecule has 30 heavy (non-hydrogen) atoms. The normalized spacial score (nSPS) is 26.5. The van der Waals surface area contributed by atoms with Crippen molar-refractivity contribution in [3.8, 4) is 0 Å². The molecule has 1 saturated carbocycles. The highest BCUT2D eigenvalue weighted by atomic mass is 32.2. The van der Waals surface area contributed by atoms with Gasteiger partial charge < -0.3 is 5.32 Å². The van der Waals surface area contributed by atoms with Gasteiger partial charge in [0.05, 0.1) is 4.90 Å². The molecule has 1 aliphatic heterocycles. The van der Waals surface area contributed by atoms with E-state index in [0.717, 1.165) is 17.2 Å². The summed E-state index contributed by atoms with van der Waals surface area (Å²) < 4.78 is 27.8. The molecule has 0 unspecified atom stereocenters. The molecule has 0 radical (unpaired) electrons. The average molecular weight is 429 g/mol. The van der Waals surface area contributed by atoms with Crippen molar-refractivity contribution in [2.45, 2.75) is 56.9 Å². The molecule has 1 heterocycles. The Morgan fingerprint density at radius 3 is 2.40 bits per heavy atom. The van der Waals surface area contributed by atoms with Crippen molar-refractivity contribution >= 4 is 26.7 Å². The molecule has 1 aliphatic carbocycles. The van der Waals surface area contributed by atoms with E-state index in [-0.39, 0.29) is 17.9 Å². The zero-order valence-electron chi connectivity index (χ0n) is 17.9. The lowest BCUT2D eigenvalue weighted by molar-refractivity contribution is -0.127. The van der Waals surface area contributed by atoms with Crippen molar-refractivity contribution in [2.75, 3.05) is 13.1 Å². The molecular weight excluding hydrogens is 396 g/mol. The second-order valence-corrected chi connectivity index (χ2v) is 11.0. The molecule has 1 N–H and O–H groups in total. The zero-order valence-corrected chi connectivity index (χ0v) is 18.7. The number of fused-ring (bicyclic) bond motifs is 1. The molecule has 2 aliphatic rings. The quantitative estimate of drug-likeness (QED) is 0.794. The number of rotatable bonds is 4. The Balaban J connectivity index is 1.39. The van der Waals surface area contributed by atoms with E-state index in [0.29, 0.717) is 42.7 Å². The number of nitrogens with zero attached hydrogens (tertiary/aromatic N) is 1. The van der Waals surface area contributed by atoms with Crippen LogP contribution in [-0.4, -0.2) is 37.8 Å². The zero-order chi connectivity index (χ0) is 21.3. The monoisotopic (exact) mass is 428 g/mol. The first-order valence-corrected chi connectivity index (χ1v) is 12.6. The number of carbonyl (C=O) groups excluding carboxylic acids is 1. The fourth-order valence-electron chi connectivity index (χ4n) is 4.92. The van der Waals surface area contributed by atoms with Crippen LogP contribution in [0.5, 0.6) is 0 Å². The highest BCUT2D eigenvalue weighted by Gasteiger charge is 2.34. The maximum atomic E-state index is 13.1. The number of hydrogen-bond donors (Lipinski definition) is 1. The van der Waals surface area contributed by atoms with Gasteiger partial charge in [-0.2, -0.15) is 4.31 Å². The van der Waals surface area contributed by atoms with E-state index in [1.807, 2.05) is 30.3 Å². The molecular formula is C24H32N2O3S. The topological polar surface area (TPSA) is 66.5 Å². The Hall–Kier alpha value is -1.92. The van der Waals surface area contributed by atoms with E-state index in [9.17, 15) is 13.2 Å². The Labute approximate surface area is 179 Å². The minimum atomic E-state index is -3.54. The molecule has 1 amide bonds. The Morgan fingerprint density at radius 1 is 0.967 bits per heavy atom. The van der Waals surface area contributed by atoms with Gasteiger partial charge in [0.25, 0.3) is 0 Å². The van der Waals surface area contributed by atoms with Gasteiger partial charge in [-0.25, -0.2) is 8.42 Å². The van der Waals surface area contributed by atoms with Crippen LogP contribution in [0, 0.1) is 17.8 Å². The first kappa shape index (κ1) is 21.3. The summed E-state index contributed by atoms with van der Waals surface area (Å²) in [6, 6.07) is 13.3. The summed E-state index contributed by atoms with van der Waals surface area (Å²) in [5.41, 5.74) is 0. The lowest BCUT2D eigenvalue weighted by Gasteiger charge is -2.36. The summed E-state index contributed by atoms with van der Waals surface area (Å²) >= 11 is 0. The Kier molecular flexibility index (Phi) is 6.16. The van der Waals surface area contributed by atoms with Gasteiger partial charge in [0.1, 0.15) is 0 Å². The van der Waals surface area contributed by atoms with Crippen LogP contribution in [0.15, 0.2) is 47.4 Å². The van der Waals surface area contributed by atoms with Gasteiger partial charge >= 0.3 is 0 Å². The van der Waals surface area contributed by atoms with Gasteiger partial charge in [-0.15, -0.1) is 0 Å². The Bertz CT molecular complexity index is 1010. The summed E-state index contributed by atoms with van der Waals surface area (Å²) in [4.78, 5) is 13.1. The third-order valence-electron chi connectivity index (χ3n) is 7.22. The van der Waals surface area contributed by atoms with Gasteiger partial charge in [0, 0.05) is 25.0 Å². The van der Waals surface area contributed by atoms with Gasteiger partial charge in [0.2, 0.25) is 15.9 Å². The van der Waals surface area contributed by atoms with E-state index in [1.165, 1.54) is 17.1 Å². The first-order valence-electron chi connectivity index (χ1n) is 11.2. The highest BCUT2D eigenvalue weighted by molar-refractivity contribution is 7.89. The third-order valence-corrected chi connectivity index (χ3v) is 9.11. The average Bonchev–Trinajstić information content (AvgIpc) is 2.76. The molecule has 1 saturated heterocycles. The molecule has 6 heteroatoms. The fraction of sp³-hybridized carbons (Fsp3) is 0.542. The van der Waals surface area contributed by atoms with Crippen LogP contribution in [-0.2, 0) is 14.8 Å². The maximum absolute atomic E-state index is 13.1. The summed E-state index contributed by atoms with van der Waals surface area (Å²) in [6.07, 6.45) is 4.61. The standard InChI is InChI=1S/C24H32N2O3S/c1-17-6-5-9-23(18(17)2)25-24(27)20-12-14-26(15-13-20)30(28,29)22-11-10-19-7-3-4-8-21(19)16-22/h3-4,7-8,10-11,16-18,20,23H,5-6,9,12-15H2,1-2H3,(H,25,27)/t17-,18-,23-/m1/s1. The van der Waals surface area contributed by atoms with Crippen LogP contribution in [0.4, 0.5) is 0 Å². The van der Waals surface area contributed by atoms with Crippen LogP contribution in [0.1, 0.15) is 46.0 Å². The summed E-state index contributed by atoms with van der Waals surface area (Å²) in [5, 5.41) is 5.21. The minimum absolute atomic E-state index is 0.0995. The number of piperidine rings is 1. The molecule has 2 fully saturated rings. The molecule has 3 atom stereocenters. The summed E-state index contributed by atoms with van der Waals surface area (Å²) in [6.45, 7) is 5.28. The fourth-order valence-corrected chi connectivity index (χ4v) is 6.43. The predicted molar refractivity (Wildman–Crippen MR) is 120 cm³/mol. The van der Waals surface area contributed by atoms with Crippen LogP contribution in [0.25, 0.3) is 10.8 Å². The van der Waals surface area contributed by atoms with Gasteiger partial charge in [-0.3, -0.25) is 4.79 Å². The molecule has 0 bridgehead atoms. The molecule has 2 aromatic carbocycles. The molecule has 2 aromatic rings. The number of nitrogens with one attached hydrogen (secondary N) is 1. The summed E-state index contributed by atoms with van der Waals surface area (Å²) in [5.74, 6) is 1.13. The maximum Gasteiger partial charge on any atom is 0.243 e. The molecule has 0 spiro atoms. The van der Waals surface area contributed by atoms with E-state index < -0.39 is 10.0 Å². The van der Waals surface area contributed by atoms with Gasteiger partial charge in [-0.1, -0.05) is 57.0 Å². The van der Waals surface area contributed by atoms with Crippen molar-refractivity contribution < 1.29 is 13.2 Å². The van der Waals surface area contributed by atoms with Gasteiger partial charge in [0.15, 0.2) is 0 Å². The SMILES string of the molecule is C[C@@H]1[C@H](C)CCC[C@H]1NC(=O)C1CCN(S(=O)(=O)c2ccc3ccccc3c2)CC1. The second kappa shape index (κ2) is 8.67. The van der Waals surface area contributed by atoms with Crippen molar-refractivity contribution in [3.05, 3.63) is 42.5 Å². The van der Waals surface area contributed by atoms with Crippen molar-refractivity contribution in [3.63, 3.8) is 0 Å². The van der Waals surface area contributed by atoms with Gasteiger partial charge in [-0.05, 0) is 54.0 Å². The van der Waals surface area contributed by atoms with E-state index in [4.69, 9.17) is 0 Å². The third kappa shape index (κ3) is 4.26. The lowest BCUT2D eigenvalue weighted by atomic mass is 9.78. The van der Waals surface area contributed by atoms with Crippen LogP contribution < -0.4 is 5.32 Å². The molecule has 4 rings (SSSR count). The van der Waals surface area contributed by atoms with E-state index in [2.05, 4.69) is 19.2 Å². The van der Waals surface area contributed by atoms with Crippen molar-refractivity contribution in [1.82, 2.24) is 9.62 Å². The first-order chi connectivity index (χ1) is 14.4. The number of carbonyl (C=O) groups is 1. The molecule has 162 valence electrons. The van der Waals surface area contributed by atoms with Crippen molar-refractivity contribution in [2.24, 2.45) is 17.8 Å². The largest absolute Gasteiger partial charge is 0.353 e. The smallest absolute Gasteiger partial charge is 0.243 e. The Morgan fingerprint density at radius 2 is 1.67 bits per heavy atom. The van der Waals surface area contributed by atoms with E-state index >= 15 is 0 Å². The van der Waals surface area contributed by atoms with Crippen molar-refractivity contribution in [1.29, 1.82) is 0 Å². The lowest BCUT2D eigenvalue weighted by Crippen LogP contribution is -2.48. The number of hydrogen-bond acceptors (Lipinski definition) is 3. The molecule has 5 nitrogen and oxygen atoms in total. The van der Waals surface area contributed by atoms with Crippen LogP contribution in [0.2, 0.25) is 0 Å². The summed E-state index contributed by atoms with van der Waals surface area (Å²) in [7, 11) is -3.54. The second-order valence-electron chi connectivity index (χ2n) is 9.07. The van der Waals surface area contributed by atoms with E-state index in [1.54, 1.807) is 12.1 Å². The number of amides is 1. The number of sulfonamides is 1. The minimum Gasteiger partial charge on any atom is -0.353 e. The van der Waals surface area contributed by atoms with Crippen LogP contribution in [0.3, 0.4) is 0 Å².